The van der Waals surface area contributed by atoms with Crippen LogP contribution in [-0.2, 0) is 0 Å². The Morgan fingerprint density at radius 2 is 2.33 bits per heavy atom. The van der Waals surface area contributed by atoms with E-state index in [0.29, 0.717) is 16.3 Å². The van der Waals surface area contributed by atoms with Gasteiger partial charge in [-0.2, -0.15) is 5.10 Å². The van der Waals surface area contributed by atoms with Crippen LogP contribution in [0.3, 0.4) is 0 Å². The average molecular weight is 259 g/mol. The number of hydrogen-bond acceptors (Lipinski definition) is 5. The predicted molar refractivity (Wildman–Crippen MR) is 68.7 cm³/mol. The molecule has 3 rings (SSSR count). The van der Waals surface area contributed by atoms with Crippen molar-refractivity contribution in [3.8, 4) is 0 Å². The Kier molecular flexibility index (Phi) is 2.52. The van der Waals surface area contributed by atoms with Crippen molar-refractivity contribution >= 4 is 34.0 Å². The van der Waals surface area contributed by atoms with E-state index in [1.807, 2.05) is 18.2 Å². The third kappa shape index (κ3) is 1.84. The third-order valence-corrected chi connectivity index (χ3v) is 3.38. The molecule has 0 spiro atoms. The van der Waals surface area contributed by atoms with Gasteiger partial charge in [-0.25, -0.2) is 0 Å². The van der Waals surface area contributed by atoms with E-state index in [4.69, 9.17) is 0 Å². The summed E-state index contributed by atoms with van der Waals surface area (Å²) in [6.07, 6.45) is 1.73. The molecule has 0 aliphatic heterocycles. The molecule has 2 N–H and O–H groups in total. The van der Waals surface area contributed by atoms with E-state index in [1.165, 1.54) is 0 Å². The number of carbonyl (C=O) groups excluding carboxylic acids is 1. The minimum Gasteiger partial charge on any atom is -0.321 e. The number of anilines is 1. The highest BCUT2D eigenvalue weighted by molar-refractivity contribution is 7.08. The maximum atomic E-state index is 12.0. The Hall–Kier alpha value is -2.28. The van der Waals surface area contributed by atoms with Gasteiger partial charge in [0.05, 0.1) is 17.4 Å². The molecular weight excluding hydrogens is 250 g/mol. The Bertz CT molecular complexity index is 717. The van der Waals surface area contributed by atoms with Gasteiger partial charge in [-0.3, -0.25) is 9.89 Å². The van der Waals surface area contributed by atoms with Crippen molar-refractivity contribution in [2.24, 2.45) is 0 Å². The fourth-order valence-electron chi connectivity index (χ4n) is 1.64. The number of H-pyrrole nitrogens is 1. The van der Waals surface area contributed by atoms with E-state index in [0.717, 1.165) is 22.4 Å². The van der Waals surface area contributed by atoms with E-state index >= 15 is 0 Å². The molecule has 0 aliphatic rings. The number of rotatable bonds is 2. The molecule has 0 fully saturated rings. The van der Waals surface area contributed by atoms with Crippen LogP contribution in [0.2, 0.25) is 0 Å². The van der Waals surface area contributed by atoms with Gasteiger partial charge in [0.2, 0.25) is 0 Å². The maximum absolute atomic E-state index is 12.0. The molecule has 0 unspecified atom stereocenters. The van der Waals surface area contributed by atoms with Gasteiger partial charge in [-0.1, -0.05) is 4.49 Å². The number of nitrogens with zero attached hydrogens (tertiary/aromatic N) is 3. The van der Waals surface area contributed by atoms with Crippen molar-refractivity contribution in [1.29, 1.82) is 0 Å². The summed E-state index contributed by atoms with van der Waals surface area (Å²) in [5.41, 5.74) is 2.23. The second kappa shape index (κ2) is 4.19. The second-order valence-electron chi connectivity index (χ2n) is 3.81. The van der Waals surface area contributed by atoms with Crippen LogP contribution in [0.25, 0.3) is 10.9 Å². The molecule has 1 aromatic carbocycles. The predicted octanol–water partition coefficient (Wildman–Crippen LogP) is 1.98. The van der Waals surface area contributed by atoms with E-state index in [1.54, 1.807) is 13.1 Å². The van der Waals surface area contributed by atoms with Gasteiger partial charge in [0, 0.05) is 11.1 Å². The molecule has 7 heteroatoms. The molecule has 0 saturated carbocycles. The number of aromatic nitrogens is 4. The Morgan fingerprint density at radius 3 is 3.11 bits per heavy atom. The van der Waals surface area contributed by atoms with E-state index in [2.05, 4.69) is 25.1 Å². The van der Waals surface area contributed by atoms with Crippen LogP contribution < -0.4 is 5.32 Å². The quantitative estimate of drug-likeness (QED) is 0.737. The van der Waals surface area contributed by atoms with Crippen molar-refractivity contribution in [1.82, 2.24) is 19.8 Å². The van der Waals surface area contributed by atoms with Crippen LogP contribution in [0.4, 0.5) is 5.69 Å². The highest BCUT2D eigenvalue weighted by Gasteiger charge is 2.13. The number of hydrogen-bond donors (Lipinski definition) is 2. The topological polar surface area (TPSA) is 83.6 Å². The summed E-state index contributed by atoms with van der Waals surface area (Å²) in [5.74, 6) is -0.193. The zero-order valence-electron chi connectivity index (χ0n) is 9.47. The lowest BCUT2D eigenvalue weighted by Gasteiger charge is -2.03. The van der Waals surface area contributed by atoms with Crippen molar-refractivity contribution in [3.63, 3.8) is 0 Å². The first-order valence-electron chi connectivity index (χ1n) is 5.27. The lowest BCUT2D eigenvalue weighted by Crippen LogP contribution is -2.11. The number of aromatic amines is 1. The Morgan fingerprint density at radius 1 is 1.44 bits per heavy atom. The Balaban J connectivity index is 1.88. The average Bonchev–Trinajstić information content (AvgIpc) is 2.96. The zero-order valence-corrected chi connectivity index (χ0v) is 10.3. The number of aryl methyl sites for hydroxylation is 1. The monoisotopic (exact) mass is 259 g/mol. The molecule has 90 valence electrons. The van der Waals surface area contributed by atoms with Crippen LogP contribution in [0.5, 0.6) is 0 Å². The minimum absolute atomic E-state index is 0.193. The molecule has 0 atom stereocenters. The second-order valence-corrected chi connectivity index (χ2v) is 4.57. The number of carbonyl (C=O) groups is 1. The minimum atomic E-state index is -0.193. The number of fused-ring (bicyclic) bond motifs is 1. The largest absolute Gasteiger partial charge is 0.321 e. The lowest BCUT2D eigenvalue weighted by molar-refractivity contribution is 0.103. The summed E-state index contributed by atoms with van der Waals surface area (Å²) in [5, 5.41) is 14.4. The van der Waals surface area contributed by atoms with Gasteiger partial charge in [0.1, 0.15) is 4.88 Å². The van der Waals surface area contributed by atoms with Gasteiger partial charge in [0.15, 0.2) is 0 Å². The number of nitrogens with one attached hydrogen (secondary N) is 2. The summed E-state index contributed by atoms with van der Waals surface area (Å²) in [7, 11) is 0. The molecule has 0 saturated heterocycles. The van der Waals surface area contributed by atoms with Gasteiger partial charge < -0.3 is 5.32 Å². The molecule has 6 nitrogen and oxygen atoms in total. The van der Waals surface area contributed by atoms with Crippen LogP contribution in [0, 0.1) is 6.92 Å². The summed E-state index contributed by atoms with van der Waals surface area (Å²) in [6.45, 7) is 1.76. The van der Waals surface area contributed by atoms with Crippen LogP contribution in [0.1, 0.15) is 15.4 Å². The van der Waals surface area contributed by atoms with Crippen molar-refractivity contribution in [3.05, 3.63) is 35.0 Å². The summed E-state index contributed by atoms with van der Waals surface area (Å²) in [6, 6.07) is 5.57. The SMILES string of the molecule is Cc1nnsc1C(=O)Nc1ccc2cn[nH]c2c1. The van der Waals surface area contributed by atoms with E-state index in [9.17, 15) is 4.79 Å². The first-order chi connectivity index (χ1) is 8.74. The van der Waals surface area contributed by atoms with Crippen LogP contribution in [-0.4, -0.2) is 25.7 Å². The van der Waals surface area contributed by atoms with E-state index < -0.39 is 0 Å². The van der Waals surface area contributed by atoms with Crippen molar-refractivity contribution in [2.45, 2.75) is 6.92 Å². The van der Waals surface area contributed by atoms with Crippen LogP contribution in [0.15, 0.2) is 24.4 Å². The fraction of sp³-hybridized carbons (Fsp3) is 0.0909. The fourth-order valence-corrected chi connectivity index (χ4v) is 2.19. The lowest BCUT2D eigenvalue weighted by atomic mass is 10.2. The summed E-state index contributed by atoms with van der Waals surface area (Å²) in [4.78, 5) is 12.5. The standard InChI is InChI=1S/C11H9N5OS/c1-6-10(18-16-14-6)11(17)13-8-3-2-7-5-12-15-9(7)4-8/h2-5H,1H3,(H,12,15)(H,13,17). The first kappa shape index (κ1) is 10.8. The van der Waals surface area contributed by atoms with Gasteiger partial charge in [-0.15, -0.1) is 5.10 Å². The third-order valence-electron chi connectivity index (χ3n) is 2.56. The first-order valence-corrected chi connectivity index (χ1v) is 6.05. The molecule has 3 aromatic rings. The summed E-state index contributed by atoms with van der Waals surface area (Å²) < 4.78 is 3.74. The highest BCUT2D eigenvalue weighted by Crippen LogP contribution is 2.18. The van der Waals surface area contributed by atoms with Crippen LogP contribution >= 0.6 is 11.5 Å². The van der Waals surface area contributed by atoms with Crippen molar-refractivity contribution < 1.29 is 4.79 Å². The summed E-state index contributed by atoms with van der Waals surface area (Å²) >= 11 is 1.09. The smallest absolute Gasteiger partial charge is 0.269 e. The highest BCUT2D eigenvalue weighted by atomic mass is 32.1. The molecule has 18 heavy (non-hydrogen) atoms. The Labute approximate surface area is 106 Å². The molecule has 0 aliphatic carbocycles. The normalized spacial score (nSPS) is 10.7. The molecule has 2 heterocycles. The molecule has 0 radical (unpaired) electrons. The maximum Gasteiger partial charge on any atom is 0.269 e. The zero-order chi connectivity index (χ0) is 12.5. The van der Waals surface area contributed by atoms with Gasteiger partial charge in [0.25, 0.3) is 5.91 Å². The number of amides is 1. The molecular formula is C11H9N5OS. The number of benzene rings is 1. The molecule has 0 bridgehead atoms. The van der Waals surface area contributed by atoms with E-state index in [-0.39, 0.29) is 5.91 Å². The van der Waals surface area contributed by atoms with Gasteiger partial charge in [-0.05, 0) is 36.7 Å². The van der Waals surface area contributed by atoms with Gasteiger partial charge >= 0.3 is 0 Å². The molecule has 1 amide bonds. The molecule has 2 aromatic heterocycles. The van der Waals surface area contributed by atoms with Crippen molar-refractivity contribution in [2.75, 3.05) is 5.32 Å².